The van der Waals surface area contributed by atoms with Gasteiger partial charge in [0.1, 0.15) is 6.29 Å². The number of hydrogen-bond acceptors (Lipinski definition) is 5. The van der Waals surface area contributed by atoms with Gasteiger partial charge in [0.25, 0.3) is 5.91 Å². The lowest BCUT2D eigenvalue weighted by Crippen LogP contribution is -2.43. The molecule has 0 fully saturated rings. The summed E-state index contributed by atoms with van der Waals surface area (Å²) in [6, 6.07) is 14.5. The van der Waals surface area contributed by atoms with Crippen molar-refractivity contribution in [2.45, 2.75) is 19.4 Å². The topological polar surface area (TPSA) is 89.5 Å². The molecule has 0 saturated heterocycles. The number of carbonyl (C=O) groups is 4. The number of carbonyl (C=O) groups excluding carboxylic acids is 4. The number of benzene rings is 2. The molecular weight excluding hydrogens is 334 g/mol. The van der Waals surface area contributed by atoms with Crippen molar-refractivity contribution in [3.63, 3.8) is 0 Å². The van der Waals surface area contributed by atoms with Crippen LogP contribution in [0.15, 0.2) is 54.6 Å². The molecule has 1 N–H and O–H groups in total. The lowest BCUT2D eigenvalue weighted by atomic mass is 10.0. The zero-order chi connectivity index (χ0) is 18.9. The summed E-state index contributed by atoms with van der Waals surface area (Å²) >= 11 is 0. The average molecular weight is 353 g/mol. The Bertz CT molecular complexity index is 784. The molecule has 1 amide bonds. The highest BCUT2D eigenvalue weighted by molar-refractivity contribution is 5.93. The molecule has 6 nitrogen and oxygen atoms in total. The van der Waals surface area contributed by atoms with Crippen LogP contribution in [-0.4, -0.2) is 36.6 Å². The molecule has 0 aliphatic heterocycles. The Labute approximate surface area is 151 Å². The van der Waals surface area contributed by atoms with Gasteiger partial charge in [-0.15, -0.1) is 0 Å². The minimum absolute atomic E-state index is 0.182. The van der Waals surface area contributed by atoms with Gasteiger partial charge >= 0.3 is 5.97 Å². The van der Waals surface area contributed by atoms with Crippen molar-refractivity contribution in [2.24, 2.45) is 0 Å². The number of esters is 1. The van der Waals surface area contributed by atoms with Gasteiger partial charge in [-0.05, 0) is 31.0 Å². The predicted molar refractivity (Wildman–Crippen MR) is 94.9 cm³/mol. The van der Waals surface area contributed by atoms with Gasteiger partial charge in [0, 0.05) is 5.56 Å². The van der Waals surface area contributed by atoms with Crippen LogP contribution in [-0.2, 0) is 20.7 Å². The number of rotatable bonds is 8. The van der Waals surface area contributed by atoms with E-state index in [0.29, 0.717) is 18.3 Å². The quantitative estimate of drug-likeness (QED) is 0.579. The van der Waals surface area contributed by atoms with E-state index < -0.39 is 24.5 Å². The molecule has 2 aromatic rings. The first-order chi connectivity index (χ1) is 12.5. The van der Waals surface area contributed by atoms with Gasteiger partial charge in [-0.25, -0.2) is 4.79 Å². The van der Waals surface area contributed by atoms with E-state index in [0.717, 1.165) is 5.56 Å². The highest BCUT2D eigenvalue weighted by Gasteiger charge is 2.18. The van der Waals surface area contributed by atoms with Crippen LogP contribution in [0.25, 0.3) is 0 Å². The van der Waals surface area contributed by atoms with Crippen molar-refractivity contribution in [1.82, 2.24) is 5.32 Å². The van der Waals surface area contributed by atoms with E-state index in [1.807, 2.05) is 30.3 Å². The van der Waals surface area contributed by atoms with Crippen molar-refractivity contribution in [1.29, 1.82) is 0 Å². The summed E-state index contributed by atoms with van der Waals surface area (Å²) in [5.74, 6) is -1.42. The number of Topliss-reactive ketones (excluding diaryl/α,β-unsaturated/α-hetero) is 1. The van der Waals surface area contributed by atoms with Crippen molar-refractivity contribution >= 4 is 23.9 Å². The third-order valence-corrected chi connectivity index (χ3v) is 3.73. The molecule has 6 heteroatoms. The molecule has 0 radical (unpaired) electrons. The molecule has 0 aliphatic rings. The summed E-state index contributed by atoms with van der Waals surface area (Å²) in [6.07, 6.45) is 1.03. The SMILES string of the molecule is CC(=O)[C@H](Cc1ccccc1)NC(=O)COC(=O)c1ccc(C=O)cc1. The van der Waals surface area contributed by atoms with Gasteiger partial charge in [-0.1, -0.05) is 42.5 Å². The van der Waals surface area contributed by atoms with E-state index in [4.69, 9.17) is 4.74 Å². The first-order valence-electron chi connectivity index (χ1n) is 8.05. The van der Waals surface area contributed by atoms with Crippen LogP contribution in [0.3, 0.4) is 0 Å². The van der Waals surface area contributed by atoms with Crippen molar-refractivity contribution < 1.29 is 23.9 Å². The molecule has 0 unspecified atom stereocenters. The highest BCUT2D eigenvalue weighted by Crippen LogP contribution is 2.06. The molecule has 2 rings (SSSR count). The molecular formula is C20H19NO5. The number of ether oxygens (including phenoxy) is 1. The summed E-state index contributed by atoms with van der Waals surface area (Å²) in [4.78, 5) is 46.2. The number of amides is 1. The lowest BCUT2D eigenvalue weighted by Gasteiger charge is -2.16. The number of hydrogen-bond donors (Lipinski definition) is 1. The Morgan fingerprint density at radius 3 is 2.27 bits per heavy atom. The predicted octanol–water partition coefficient (Wildman–Crippen LogP) is 1.97. The zero-order valence-corrected chi connectivity index (χ0v) is 14.3. The van der Waals surface area contributed by atoms with Gasteiger partial charge in [-0.3, -0.25) is 14.4 Å². The standard InChI is InChI=1S/C20H19NO5/c1-14(23)18(11-15-5-3-2-4-6-15)21-19(24)13-26-20(25)17-9-7-16(12-22)8-10-17/h2-10,12,18H,11,13H2,1H3,(H,21,24)/t18-/m0/s1. The fraction of sp³-hybridized carbons (Fsp3) is 0.200. The smallest absolute Gasteiger partial charge is 0.338 e. The van der Waals surface area contributed by atoms with Gasteiger partial charge in [0.05, 0.1) is 11.6 Å². The maximum atomic E-state index is 12.0. The molecule has 0 aliphatic carbocycles. The maximum absolute atomic E-state index is 12.0. The highest BCUT2D eigenvalue weighted by atomic mass is 16.5. The molecule has 0 heterocycles. The number of aldehydes is 1. The second kappa shape index (κ2) is 9.27. The Balaban J connectivity index is 1.88. The summed E-state index contributed by atoms with van der Waals surface area (Å²) < 4.78 is 4.94. The van der Waals surface area contributed by atoms with E-state index in [1.165, 1.54) is 31.2 Å². The molecule has 0 spiro atoms. The van der Waals surface area contributed by atoms with Crippen LogP contribution in [0.1, 0.15) is 33.2 Å². The van der Waals surface area contributed by atoms with Gasteiger partial charge in [0.15, 0.2) is 12.4 Å². The monoisotopic (exact) mass is 353 g/mol. The Kier molecular flexibility index (Phi) is 6.79. The number of nitrogens with one attached hydrogen (secondary N) is 1. The van der Waals surface area contributed by atoms with Crippen LogP contribution in [0.5, 0.6) is 0 Å². The molecule has 0 saturated carbocycles. The van der Waals surface area contributed by atoms with Gasteiger partial charge in [0.2, 0.25) is 0 Å². The van der Waals surface area contributed by atoms with Gasteiger partial charge < -0.3 is 10.1 Å². The van der Waals surface area contributed by atoms with E-state index in [9.17, 15) is 19.2 Å². The molecule has 0 aromatic heterocycles. The normalized spacial score (nSPS) is 11.3. The first-order valence-corrected chi connectivity index (χ1v) is 8.05. The summed E-state index contributed by atoms with van der Waals surface area (Å²) in [5.41, 5.74) is 1.58. The molecule has 2 aromatic carbocycles. The minimum Gasteiger partial charge on any atom is -0.452 e. The maximum Gasteiger partial charge on any atom is 0.338 e. The van der Waals surface area contributed by atoms with E-state index in [-0.39, 0.29) is 11.3 Å². The average Bonchev–Trinajstić information content (AvgIpc) is 2.66. The van der Waals surface area contributed by atoms with Crippen molar-refractivity contribution in [3.8, 4) is 0 Å². The third kappa shape index (κ3) is 5.66. The molecule has 134 valence electrons. The largest absolute Gasteiger partial charge is 0.452 e. The molecule has 26 heavy (non-hydrogen) atoms. The second-order valence-electron chi connectivity index (χ2n) is 5.74. The van der Waals surface area contributed by atoms with Crippen LogP contribution >= 0.6 is 0 Å². The van der Waals surface area contributed by atoms with Crippen molar-refractivity contribution in [2.75, 3.05) is 6.61 Å². The van der Waals surface area contributed by atoms with E-state index in [1.54, 1.807) is 0 Å². The minimum atomic E-state index is -0.685. The lowest BCUT2D eigenvalue weighted by molar-refractivity contribution is -0.128. The Morgan fingerprint density at radius 1 is 1.04 bits per heavy atom. The van der Waals surface area contributed by atoms with Crippen LogP contribution in [0.4, 0.5) is 0 Å². The van der Waals surface area contributed by atoms with Crippen molar-refractivity contribution in [3.05, 3.63) is 71.3 Å². The molecule has 0 bridgehead atoms. The molecule has 1 atom stereocenters. The zero-order valence-electron chi connectivity index (χ0n) is 14.3. The second-order valence-corrected chi connectivity index (χ2v) is 5.74. The summed E-state index contributed by atoms with van der Waals surface area (Å²) in [5, 5.41) is 2.58. The van der Waals surface area contributed by atoms with Crippen LogP contribution in [0.2, 0.25) is 0 Å². The van der Waals surface area contributed by atoms with E-state index in [2.05, 4.69) is 5.32 Å². The Hall–Kier alpha value is -3.28. The van der Waals surface area contributed by atoms with Crippen LogP contribution < -0.4 is 5.32 Å². The fourth-order valence-corrected chi connectivity index (χ4v) is 2.29. The number of ketones is 1. The fourth-order valence-electron chi connectivity index (χ4n) is 2.29. The van der Waals surface area contributed by atoms with E-state index >= 15 is 0 Å². The third-order valence-electron chi connectivity index (χ3n) is 3.73. The first kappa shape index (κ1) is 19.1. The Morgan fingerprint density at radius 2 is 1.69 bits per heavy atom. The van der Waals surface area contributed by atoms with Crippen LogP contribution in [0, 0.1) is 0 Å². The van der Waals surface area contributed by atoms with Gasteiger partial charge in [-0.2, -0.15) is 0 Å². The summed E-state index contributed by atoms with van der Waals surface area (Å²) in [7, 11) is 0. The summed E-state index contributed by atoms with van der Waals surface area (Å²) in [6.45, 7) is 0.904.